The summed E-state index contributed by atoms with van der Waals surface area (Å²) in [5, 5.41) is 0. The van der Waals surface area contributed by atoms with Gasteiger partial charge in [0.2, 0.25) is 0 Å². The number of ether oxygens (including phenoxy) is 1. The Morgan fingerprint density at radius 2 is 1.28 bits per heavy atom. The lowest BCUT2D eigenvalue weighted by Gasteiger charge is -2.25. The van der Waals surface area contributed by atoms with Crippen molar-refractivity contribution in [2.75, 3.05) is 12.8 Å². The summed E-state index contributed by atoms with van der Waals surface area (Å²) in [6.07, 6.45) is 0.490. The fourth-order valence-corrected chi connectivity index (χ4v) is 3.16. The van der Waals surface area contributed by atoms with Crippen molar-refractivity contribution in [3.63, 3.8) is 0 Å². The molecule has 0 aliphatic rings. The monoisotopic (exact) mass is 278 g/mol. The molecule has 0 amide bonds. The average molecular weight is 278 g/mol. The predicted molar refractivity (Wildman–Crippen MR) is 62.2 cm³/mol. The Morgan fingerprint density at radius 1 is 0.889 bits per heavy atom. The number of hydrogen-bond donors (Lipinski definition) is 0. The third-order valence-electron chi connectivity index (χ3n) is 1.52. The van der Waals surface area contributed by atoms with E-state index < -0.39 is 26.7 Å². The van der Waals surface area contributed by atoms with Gasteiger partial charge < -0.3 is 18.0 Å². The second-order valence-corrected chi connectivity index (χ2v) is 5.78. The van der Waals surface area contributed by atoms with Crippen LogP contribution in [0.25, 0.3) is 0 Å². The molecule has 0 N–H and O–H groups in total. The molecule has 0 aromatic carbocycles. The van der Waals surface area contributed by atoms with Gasteiger partial charge in [0.25, 0.3) is 17.9 Å². The van der Waals surface area contributed by atoms with E-state index in [4.69, 9.17) is 18.0 Å². The second kappa shape index (κ2) is 7.83. The molecule has 0 fully saturated rings. The van der Waals surface area contributed by atoms with Gasteiger partial charge in [0, 0.05) is 27.4 Å². The maximum atomic E-state index is 11.0. The Hall–Kier alpha value is -1.41. The molecule has 0 aromatic heterocycles. The summed E-state index contributed by atoms with van der Waals surface area (Å²) < 4.78 is 19.9. The minimum Gasteiger partial charge on any atom is -0.454 e. The third kappa shape index (κ3) is 7.02. The summed E-state index contributed by atoms with van der Waals surface area (Å²) in [6, 6.07) is 0. The van der Waals surface area contributed by atoms with E-state index in [2.05, 4.69) is 0 Å². The van der Waals surface area contributed by atoms with Crippen LogP contribution in [0.1, 0.15) is 34.1 Å². The number of hydrogen-bond acceptors (Lipinski definition) is 7. The molecule has 0 saturated heterocycles. The first kappa shape index (κ1) is 16.6. The van der Waals surface area contributed by atoms with Crippen LogP contribution < -0.4 is 0 Å². The first-order valence-corrected chi connectivity index (χ1v) is 7.41. The summed E-state index contributed by atoms with van der Waals surface area (Å²) in [7, 11) is -3.79. The molecular weight excluding hydrogens is 260 g/mol. The molecule has 0 bridgehead atoms. The third-order valence-corrected chi connectivity index (χ3v) is 3.88. The van der Waals surface area contributed by atoms with Crippen LogP contribution in [-0.4, -0.2) is 39.5 Å². The maximum Gasteiger partial charge on any atom is 0.732 e. The average Bonchev–Trinajstić information content (AvgIpc) is 2.13. The van der Waals surface area contributed by atoms with Crippen LogP contribution in [0.3, 0.4) is 0 Å². The van der Waals surface area contributed by atoms with Crippen molar-refractivity contribution in [1.29, 1.82) is 0 Å². The molecule has 8 heteroatoms. The van der Waals surface area contributed by atoms with Crippen LogP contribution in [0, 0.1) is 0 Å². The lowest BCUT2D eigenvalue weighted by molar-refractivity contribution is -0.149. The largest absolute Gasteiger partial charge is 0.732 e. The molecule has 0 aliphatic carbocycles. The normalized spacial score (nSPS) is 10.7. The zero-order valence-corrected chi connectivity index (χ0v) is 12.0. The molecule has 0 aliphatic heterocycles. The minimum atomic E-state index is -3.79. The highest BCUT2D eigenvalue weighted by Gasteiger charge is 2.52. The molecule has 0 aromatic rings. The molecule has 7 nitrogen and oxygen atoms in total. The Bertz CT molecular complexity index is 275. The van der Waals surface area contributed by atoms with E-state index in [1.54, 1.807) is 0 Å². The van der Waals surface area contributed by atoms with E-state index in [1.165, 1.54) is 0 Å². The van der Waals surface area contributed by atoms with Crippen molar-refractivity contribution in [3.8, 4) is 0 Å². The molecule has 0 spiro atoms. The van der Waals surface area contributed by atoms with Crippen molar-refractivity contribution >= 4 is 26.7 Å². The highest BCUT2D eigenvalue weighted by molar-refractivity contribution is 6.65. The number of rotatable bonds is 7. The Balaban J connectivity index is 4.90. The molecule has 18 heavy (non-hydrogen) atoms. The van der Waals surface area contributed by atoms with Crippen molar-refractivity contribution in [1.82, 2.24) is 0 Å². The van der Waals surface area contributed by atoms with Crippen LogP contribution >= 0.6 is 0 Å². The number of carbonyl (C=O) groups excluding carboxylic acids is 3. The first-order valence-electron chi connectivity index (χ1n) is 5.48. The number of carbonyl (C=O) groups is 3. The van der Waals surface area contributed by atoms with Crippen molar-refractivity contribution < 1.29 is 32.4 Å². The Morgan fingerprint density at radius 3 is 1.56 bits per heavy atom. The summed E-state index contributed by atoms with van der Waals surface area (Å²) >= 11 is 0. The van der Waals surface area contributed by atoms with E-state index >= 15 is 0 Å². The SMILES string of the molecule is CCCOC[Si](OC(C)=O)(OC(C)=O)OC(C)=O. The van der Waals surface area contributed by atoms with Gasteiger partial charge in [-0.3, -0.25) is 14.4 Å². The zero-order valence-electron chi connectivity index (χ0n) is 11.0. The maximum absolute atomic E-state index is 11.0. The highest BCUT2D eigenvalue weighted by atomic mass is 28.4. The van der Waals surface area contributed by atoms with Crippen LogP contribution in [0.5, 0.6) is 0 Å². The highest BCUT2D eigenvalue weighted by Crippen LogP contribution is 2.12. The van der Waals surface area contributed by atoms with E-state index in [0.29, 0.717) is 6.61 Å². The topological polar surface area (TPSA) is 88.1 Å². The lowest BCUT2D eigenvalue weighted by atomic mass is 10.5. The van der Waals surface area contributed by atoms with Gasteiger partial charge in [-0.2, -0.15) is 0 Å². The van der Waals surface area contributed by atoms with Gasteiger partial charge in [-0.15, -0.1) is 0 Å². The molecule has 0 atom stereocenters. The summed E-state index contributed by atoms with van der Waals surface area (Å²) in [5.41, 5.74) is 0. The van der Waals surface area contributed by atoms with Gasteiger partial charge >= 0.3 is 8.80 Å². The molecule has 0 rings (SSSR count). The predicted octanol–water partition coefficient (Wildman–Crippen LogP) is 0.580. The van der Waals surface area contributed by atoms with Gasteiger partial charge in [0.15, 0.2) is 6.23 Å². The smallest absolute Gasteiger partial charge is 0.454 e. The molecule has 0 radical (unpaired) electrons. The summed E-state index contributed by atoms with van der Waals surface area (Å²) in [6.45, 7) is 5.66. The quantitative estimate of drug-likeness (QED) is 0.497. The molecule has 0 unspecified atom stereocenters. The van der Waals surface area contributed by atoms with Gasteiger partial charge in [-0.05, 0) is 6.42 Å². The molecule has 104 valence electrons. The van der Waals surface area contributed by atoms with Crippen molar-refractivity contribution in [3.05, 3.63) is 0 Å². The lowest BCUT2D eigenvalue weighted by Crippen LogP contribution is -2.53. The van der Waals surface area contributed by atoms with Gasteiger partial charge in [0.05, 0.1) is 0 Å². The van der Waals surface area contributed by atoms with Crippen molar-refractivity contribution in [2.24, 2.45) is 0 Å². The fourth-order valence-electron chi connectivity index (χ4n) is 1.15. The Kier molecular flexibility index (Phi) is 7.21. The Labute approximate surface area is 107 Å². The van der Waals surface area contributed by atoms with Crippen LogP contribution in [0.2, 0.25) is 0 Å². The van der Waals surface area contributed by atoms with E-state index in [9.17, 15) is 14.4 Å². The standard InChI is InChI=1S/C10H18O7Si/c1-5-6-14-7-18(15-8(2)11,16-9(3)12)17-10(4)13/h5-7H2,1-4H3. The molecule has 0 heterocycles. The summed E-state index contributed by atoms with van der Waals surface area (Å²) in [4.78, 5) is 33.1. The van der Waals surface area contributed by atoms with Gasteiger partial charge in [-0.25, -0.2) is 0 Å². The van der Waals surface area contributed by atoms with Gasteiger partial charge in [-0.1, -0.05) is 6.92 Å². The second-order valence-electron chi connectivity index (χ2n) is 3.52. The zero-order chi connectivity index (χ0) is 14.2. The minimum absolute atomic E-state index is 0.237. The van der Waals surface area contributed by atoms with Crippen LogP contribution in [0.4, 0.5) is 0 Å². The van der Waals surface area contributed by atoms with Gasteiger partial charge in [0.1, 0.15) is 0 Å². The molecular formula is C10H18O7Si. The first-order chi connectivity index (χ1) is 8.31. The van der Waals surface area contributed by atoms with Crippen LogP contribution in [-0.2, 0) is 32.4 Å². The van der Waals surface area contributed by atoms with E-state index in [-0.39, 0.29) is 6.23 Å². The molecule has 0 saturated carbocycles. The van der Waals surface area contributed by atoms with Crippen LogP contribution in [0.15, 0.2) is 0 Å². The summed E-state index contributed by atoms with van der Waals surface area (Å²) in [5.74, 6) is -2.11. The fraction of sp³-hybridized carbons (Fsp3) is 0.700. The van der Waals surface area contributed by atoms with E-state index in [1.807, 2.05) is 6.92 Å². The van der Waals surface area contributed by atoms with Crippen molar-refractivity contribution in [2.45, 2.75) is 34.1 Å². The van der Waals surface area contributed by atoms with E-state index in [0.717, 1.165) is 27.2 Å².